The van der Waals surface area contributed by atoms with Gasteiger partial charge < -0.3 is 14.9 Å². The molecule has 3 rings (SSSR count). The van der Waals surface area contributed by atoms with E-state index in [1.54, 1.807) is 28.0 Å². The summed E-state index contributed by atoms with van der Waals surface area (Å²) < 4.78 is 13.3. The summed E-state index contributed by atoms with van der Waals surface area (Å²) in [7, 11) is 0. The highest BCUT2D eigenvalue weighted by atomic mass is 19.1. The predicted molar refractivity (Wildman–Crippen MR) is 96.0 cm³/mol. The predicted octanol–water partition coefficient (Wildman–Crippen LogP) is 2.05. The Labute approximate surface area is 155 Å². The quantitative estimate of drug-likeness (QED) is 0.894. The molecule has 140 valence electrons. The number of carbonyl (C=O) groups is 3. The second-order valence-electron chi connectivity index (χ2n) is 6.36. The van der Waals surface area contributed by atoms with Gasteiger partial charge in [-0.25, -0.2) is 9.18 Å². The number of aromatic carboxylic acids is 1. The minimum Gasteiger partial charge on any atom is -0.478 e. The third kappa shape index (κ3) is 4.49. The minimum absolute atomic E-state index is 0.0732. The lowest BCUT2D eigenvalue weighted by Crippen LogP contribution is -2.51. The molecule has 1 aliphatic heterocycles. The molecule has 1 fully saturated rings. The Bertz CT molecular complexity index is 859. The number of hydrogen-bond donors (Lipinski definition) is 1. The van der Waals surface area contributed by atoms with Gasteiger partial charge in [0.2, 0.25) is 5.91 Å². The number of halogens is 1. The summed E-state index contributed by atoms with van der Waals surface area (Å²) in [6.45, 7) is 1.60. The number of nitrogens with zero attached hydrogens (tertiary/aromatic N) is 2. The molecule has 1 N–H and O–H groups in total. The van der Waals surface area contributed by atoms with Crippen molar-refractivity contribution in [1.82, 2.24) is 9.80 Å². The Balaban J connectivity index is 1.54. The van der Waals surface area contributed by atoms with Crippen LogP contribution in [0.4, 0.5) is 4.39 Å². The molecule has 0 aromatic heterocycles. The van der Waals surface area contributed by atoms with Crippen molar-refractivity contribution in [2.75, 3.05) is 26.2 Å². The minimum atomic E-state index is -1.01. The maximum absolute atomic E-state index is 13.3. The summed E-state index contributed by atoms with van der Waals surface area (Å²) in [5, 5.41) is 8.90. The summed E-state index contributed by atoms with van der Waals surface area (Å²) in [6, 6.07) is 11.8. The molecule has 0 saturated carbocycles. The lowest BCUT2D eigenvalue weighted by atomic mass is 10.1. The molecule has 2 aromatic carbocycles. The van der Waals surface area contributed by atoms with Gasteiger partial charge in [-0.1, -0.05) is 18.2 Å². The van der Waals surface area contributed by atoms with Gasteiger partial charge in [0.05, 0.1) is 12.0 Å². The van der Waals surface area contributed by atoms with Gasteiger partial charge in [0.1, 0.15) is 5.82 Å². The van der Waals surface area contributed by atoms with E-state index in [4.69, 9.17) is 5.11 Å². The lowest BCUT2D eigenvalue weighted by Gasteiger charge is -2.35. The molecule has 0 atom stereocenters. The fourth-order valence-corrected chi connectivity index (χ4v) is 3.01. The Hall–Kier alpha value is -3.22. The standard InChI is InChI=1S/C20H19FN2O4/c21-17-3-1-2-16(13-17)19(25)23-10-8-22(9-11-23)18(24)12-14-4-6-15(7-5-14)20(26)27/h1-7,13H,8-12H2,(H,26,27). The van der Waals surface area contributed by atoms with Crippen LogP contribution in [0.1, 0.15) is 26.3 Å². The molecule has 1 heterocycles. The van der Waals surface area contributed by atoms with Crippen molar-refractivity contribution in [3.63, 3.8) is 0 Å². The van der Waals surface area contributed by atoms with E-state index in [1.165, 1.54) is 30.3 Å². The average molecular weight is 370 g/mol. The van der Waals surface area contributed by atoms with Crippen molar-refractivity contribution in [1.29, 1.82) is 0 Å². The van der Waals surface area contributed by atoms with Crippen LogP contribution < -0.4 is 0 Å². The van der Waals surface area contributed by atoms with Crippen LogP contribution >= 0.6 is 0 Å². The highest BCUT2D eigenvalue weighted by molar-refractivity contribution is 5.94. The van der Waals surface area contributed by atoms with E-state index in [-0.39, 0.29) is 23.8 Å². The Morgan fingerprint density at radius 3 is 2.11 bits per heavy atom. The normalized spacial score (nSPS) is 14.1. The van der Waals surface area contributed by atoms with Gasteiger partial charge in [-0.05, 0) is 35.9 Å². The van der Waals surface area contributed by atoms with Gasteiger partial charge in [-0.3, -0.25) is 9.59 Å². The molecule has 0 aliphatic carbocycles. The van der Waals surface area contributed by atoms with E-state index in [2.05, 4.69) is 0 Å². The summed E-state index contributed by atoms with van der Waals surface area (Å²) in [4.78, 5) is 39.0. The fourth-order valence-electron chi connectivity index (χ4n) is 3.01. The van der Waals surface area contributed by atoms with Crippen molar-refractivity contribution < 1.29 is 23.9 Å². The molecule has 1 saturated heterocycles. The fraction of sp³-hybridized carbons (Fsp3) is 0.250. The molecule has 27 heavy (non-hydrogen) atoms. The van der Waals surface area contributed by atoms with Gasteiger partial charge in [0, 0.05) is 31.7 Å². The molecule has 1 aliphatic rings. The first-order valence-corrected chi connectivity index (χ1v) is 8.59. The maximum Gasteiger partial charge on any atom is 0.335 e. The number of benzene rings is 2. The van der Waals surface area contributed by atoms with Crippen LogP contribution in [-0.4, -0.2) is 58.9 Å². The molecule has 2 aromatic rings. The summed E-state index contributed by atoms with van der Waals surface area (Å²) in [6.07, 6.45) is 0.178. The highest BCUT2D eigenvalue weighted by Gasteiger charge is 2.25. The van der Waals surface area contributed by atoms with E-state index < -0.39 is 11.8 Å². The first kappa shape index (κ1) is 18.6. The van der Waals surface area contributed by atoms with E-state index in [0.717, 1.165) is 5.56 Å². The van der Waals surface area contributed by atoms with Gasteiger partial charge in [0.15, 0.2) is 0 Å². The number of carboxylic acid groups (broad SMARTS) is 1. The first-order chi connectivity index (χ1) is 12.9. The van der Waals surface area contributed by atoms with Crippen molar-refractivity contribution >= 4 is 17.8 Å². The zero-order chi connectivity index (χ0) is 19.4. The molecule has 0 radical (unpaired) electrons. The van der Waals surface area contributed by atoms with E-state index >= 15 is 0 Å². The van der Waals surface area contributed by atoms with Gasteiger partial charge in [0.25, 0.3) is 5.91 Å². The molecular weight excluding hydrogens is 351 g/mol. The van der Waals surface area contributed by atoms with E-state index in [0.29, 0.717) is 31.7 Å². The van der Waals surface area contributed by atoms with Crippen LogP contribution in [-0.2, 0) is 11.2 Å². The van der Waals surface area contributed by atoms with Gasteiger partial charge in [-0.2, -0.15) is 0 Å². The van der Waals surface area contributed by atoms with Gasteiger partial charge in [-0.15, -0.1) is 0 Å². The second-order valence-corrected chi connectivity index (χ2v) is 6.36. The number of piperazine rings is 1. The summed E-state index contributed by atoms with van der Waals surface area (Å²) >= 11 is 0. The van der Waals surface area contributed by atoms with Crippen LogP contribution in [0.3, 0.4) is 0 Å². The number of amides is 2. The molecule has 7 heteroatoms. The zero-order valence-corrected chi connectivity index (χ0v) is 14.6. The maximum atomic E-state index is 13.3. The monoisotopic (exact) mass is 370 g/mol. The third-order valence-corrected chi connectivity index (χ3v) is 4.55. The third-order valence-electron chi connectivity index (χ3n) is 4.55. The lowest BCUT2D eigenvalue weighted by molar-refractivity contribution is -0.131. The molecule has 2 amide bonds. The number of carbonyl (C=O) groups excluding carboxylic acids is 2. The van der Waals surface area contributed by atoms with Crippen molar-refractivity contribution in [2.45, 2.75) is 6.42 Å². The largest absolute Gasteiger partial charge is 0.478 e. The van der Waals surface area contributed by atoms with Crippen LogP contribution in [0.15, 0.2) is 48.5 Å². The van der Waals surface area contributed by atoms with Crippen molar-refractivity contribution in [3.8, 4) is 0 Å². The van der Waals surface area contributed by atoms with E-state index in [9.17, 15) is 18.8 Å². The first-order valence-electron chi connectivity index (χ1n) is 8.59. The van der Waals surface area contributed by atoms with E-state index in [1.807, 2.05) is 0 Å². The Morgan fingerprint density at radius 2 is 1.52 bits per heavy atom. The highest BCUT2D eigenvalue weighted by Crippen LogP contribution is 2.12. The summed E-state index contributed by atoms with van der Waals surface area (Å²) in [5.41, 5.74) is 1.22. The molecule has 6 nitrogen and oxygen atoms in total. The molecule has 0 bridgehead atoms. The smallest absolute Gasteiger partial charge is 0.335 e. The molecule has 0 spiro atoms. The van der Waals surface area contributed by atoms with Crippen LogP contribution in [0.5, 0.6) is 0 Å². The SMILES string of the molecule is O=C(O)c1ccc(CC(=O)N2CCN(C(=O)c3cccc(F)c3)CC2)cc1. The van der Waals surface area contributed by atoms with Crippen LogP contribution in [0.25, 0.3) is 0 Å². The van der Waals surface area contributed by atoms with Crippen LogP contribution in [0.2, 0.25) is 0 Å². The number of rotatable bonds is 4. The Kier molecular flexibility index (Phi) is 5.49. The molecular formula is C20H19FN2O4. The van der Waals surface area contributed by atoms with Crippen molar-refractivity contribution in [3.05, 3.63) is 71.0 Å². The molecule has 0 unspecified atom stereocenters. The topological polar surface area (TPSA) is 77.9 Å². The van der Waals surface area contributed by atoms with Crippen molar-refractivity contribution in [2.24, 2.45) is 0 Å². The second kappa shape index (κ2) is 7.99. The number of hydrogen-bond acceptors (Lipinski definition) is 3. The average Bonchev–Trinajstić information content (AvgIpc) is 2.68. The Morgan fingerprint density at radius 1 is 0.889 bits per heavy atom. The number of carboxylic acids is 1. The van der Waals surface area contributed by atoms with Gasteiger partial charge >= 0.3 is 5.97 Å². The van der Waals surface area contributed by atoms with Crippen LogP contribution in [0, 0.1) is 5.82 Å². The summed E-state index contributed by atoms with van der Waals surface area (Å²) in [5.74, 6) is -1.78. The zero-order valence-electron chi connectivity index (χ0n) is 14.6.